The van der Waals surface area contributed by atoms with Gasteiger partial charge in [-0.25, -0.2) is 4.98 Å². The number of nitrogens with zero attached hydrogens (tertiary/aromatic N) is 4. The van der Waals surface area contributed by atoms with Gasteiger partial charge in [0.1, 0.15) is 5.82 Å². The number of likely N-dealkylation sites (tertiary alicyclic amines) is 1. The highest BCUT2D eigenvalue weighted by atomic mass is 19.4. The fourth-order valence-corrected chi connectivity index (χ4v) is 3.60. The minimum Gasteiger partial charge on any atom is -0.369 e. The Kier molecular flexibility index (Phi) is 6.07. The number of carbonyl (C=O) groups is 2. The average molecular weight is 399 g/mol. The number of pyridine rings is 1. The van der Waals surface area contributed by atoms with Crippen LogP contribution in [-0.2, 0) is 15.8 Å². The van der Waals surface area contributed by atoms with Gasteiger partial charge in [0.25, 0.3) is 0 Å². The van der Waals surface area contributed by atoms with Crippen molar-refractivity contribution in [3.63, 3.8) is 0 Å². The molecule has 7 nitrogen and oxygen atoms in total. The van der Waals surface area contributed by atoms with Crippen molar-refractivity contribution in [2.24, 2.45) is 11.7 Å². The number of rotatable bonds is 4. The molecule has 0 aromatic carbocycles. The van der Waals surface area contributed by atoms with Crippen molar-refractivity contribution in [1.82, 2.24) is 14.8 Å². The van der Waals surface area contributed by atoms with Crippen molar-refractivity contribution in [3.8, 4) is 0 Å². The molecule has 3 heterocycles. The lowest BCUT2D eigenvalue weighted by Crippen LogP contribution is -2.52. The third-order valence-corrected chi connectivity index (χ3v) is 5.31. The second kappa shape index (κ2) is 8.34. The van der Waals surface area contributed by atoms with E-state index in [1.165, 1.54) is 6.07 Å². The van der Waals surface area contributed by atoms with E-state index in [1.807, 2.05) is 9.80 Å². The molecule has 2 amide bonds. The molecule has 10 heteroatoms. The second-order valence-electron chi connectivity index (χ2n) is 7.25. The van der Waals surface area contributed by atoms with Gasteiger partial charge in [0.15, 0.2) is 0 Å². The minimum atomic E-state index is -4.40. The maximum absolute atomic E-state index is 12.6. The highest BCUT2D eigenvalue weighted by molar-refractivity contribution is 5.81. The molecule has 1 aromatic rings. The zero-order valence-corrected chi connectivity index (χ0v) is 15.5. The van der Waals surface area contributed by atoms with Crippen LogP contribution in [0.5, 0.6) is 0 Å². The number of hydrogen-bond donors (Lipinski definition) is 1. The molecule has 1 unspecified atom stereocenters. The lowest BCUT2D eigenvalue weighted by Gasteiger charge is -2.37. The molecular formula is C18H24F3N5O2. The van der Waals surface area contributed by atoms with E-state index in [4.69, 9.17) is 5.73 Å². The van der Waals surface area contributed by atoms with E-state index in [0.29, 0.717) is 45.1 Å². The van der Waals surface area contributed by atoms with Gasteiger partial charge in [-0.15, -0.1) is 0 Å². The molecular weight excluding hydrogens is 375 g/mol. The Morgan fingerprint density at radius 3 is 2.43 bits per heavy atom. The molecule has 0 bridgehead atoms. The van der Waals surface area contributed by atoms with Crippen LogP contribution >= 0.6 is 0 Å². The lowest BCUT2D eigenvalue weighted by atomic mass is 9.97. The third-order valence-electron chi connectivity index (χ3n) is 5.31. The summed E-state index contributed by atoms with van der Waals surface area (Å²) in [6.45, 7) is 3.66. The van der Waals surface area contributed by atoms with E-state index >= 15 is 0 Å². The van der Waals surface area contributed by atoms with Crippen LogP contribution in [0.4, 0.5) is 19.0 Å². The van der Waals surface area contributed by atoms with Crippen molar-refractivity contribution in [1.29, 1.82) is 0 Å². The molecule has 28 heavy (non-hydrogen) atoms. The van der Waals surface area contributed by atoms with E-state index in [2.05, 4.69) is 4.98 Å². The summed E-state index contributed by atoms with van der Waals surface area (Å²) in [6, 6.07) is 2.41. The number of aromatic nitrogens is 1. The Bertz CT molecular complexity index is 702. The molecule has 2 saturated heterocycles. The molecule has 0 saturated carbocycles. The monoisotopic (exact) mass is 399 g/mol. The minimum absolute atomic E-state index is 0.0212. The van der Waals surface area contributed by atoms with Crippen molar-refractivity contribution < 1.29 is 22.8 Å². The number of halogens is 3. The summed E-state index contributed by atoms with van der Waals surface area (Å²) in [4.78, 5) is 33.4. The van der Waals surface area contributed by atoms with Gasteiger partial charge < -0.3 is 15.5 Å². The largest absolute Gasteiger partial charge is 0.417 e. The molecule has 2 aliphatic rings. The Morgan fingerprint density at radius 2 is 1.86 bits per heavy atom. The Labute approximate surface area is 161 Å². The Hall–Kier alpha value is -2.36. The summed E-state index contributed by atoms with van der Waals surface area (Å²) >= 11 is 0. The van der Waals surface area contributed by atoms with Crippen LogP contribution in [-0.4, -0.2) is 72.4 Å². The first-order valence-corrected chi connectivity index (χ1v) is 9.31. The van der Waals surface area contributed by atoms with E-state index in [1.54, 1.807) is 4.90 Å². The number of piperidine rings is 1. The molecule has 0 radical (unpaired) electrons. The van der Waals surface area contributed by atoms with Crippen LogP contribution in [0, 0.1) is 5.92 Å². The topological polar surface area (TPSA) is 82.8 Å². The summed E-state index contributed by atoms with van der Waals surface area (Å²) in [5, 5.41) is 0. The lowest BCUT2D eigenvalue weighted by molar-refractivity contribution is -0.138. The Morgan fingerprint density at radius 1 is 1.14 bits per heavy atom. The van der Waals surface area contributed by atoms with Crippen molar-refractivity contribution >= 4 is 17.6 Å². The molecule has 2 N–H and O–H groups in total. The van der Waals surface area contributed by atoms with Crippen LogP contribution in [0.15, 0.2) is 18.3 Å². The van der Waals surface area contributed by atoms with E-state index in [-0.39, 0.29) is 24.3 Å². The number of piperazine rings is 1. The summed E-state index contributed by atoms with van der Waals surface area (Å²) in [5.41, 5.74) is 4.59. The molecule has 154 valence electrons. The number of anilines is 1. The van der Waals surface area contributed by atoms with E-state index < -0.39 is 11.7 Å². The summed E-state index contributed by atoms with van der Waals surface area (Å²) in [7, 11) is 0. The fourth-order valence-electron chi connectivity index (χ4n) is 3.60. The molecule has 2 aliphatic heterocycles. The number of nitrogens with two attached hydrogens (primary N) is 1. The van der Waals surface area contributed by atoms with Gasteiger partial charge in [-0.2, -0.15) is 13.2 Å². The molecule has 1 aromatic heterocycles. The van der Waals surface area contributed by atoms with Crippen molar-refractivity contribution in [3.05, 3.63) is 23.9 Å². The van der Waals surface area contributed by atoms with E-state index in [9.17, 15) is 22.8 Å². The maximum atomic E-state index is 12.6. The van der Waals surface area contributed by atoms with Crippen LogP contribution in [0.25, 0.3) is 0 Å². The van der Waals surface area contributed by atoms with Gasteiger partial charge in [0, 0.05) is 45.5 Å². The number of carbonyl (C=O) groups excluding carboxylic acids is 2. The molecule has 2 fully saturated rings. The predicted octanol–water partition coefficient (Wildman–Crippen LogP) is 0.946. The number of hydrogen-bond acceptors (Lipinski definition) is 5. The van der Waals surface area contributed by atoms with Crippen molar-refractivity contribution in [2.45, 2.75) is 19.0 Å². The molecule has 1 atom stereocenters. The Balaban J connectivity index is 1.49. The van der Waals surface area contributed by atoms with Gasteiger partial charge in [-0.1, -0.05) is 0 Å². The number of amides is 2. The normalized spacial score (nSPS) is 21.6. The first-order valence-electron chi connectivity index (χ1n) is 9.31. The zero-order chi connectivity index (χ0) is 20.3. The third kappa shape index (κ3) is 4.92. The quantitative estimate of drug-likeness (QED) is 0.815. The van der Waals surface area contributed by atoms with Gasteiger partial charge in [0.2, 0.25) is 11.8 Å². The molecule has 0 spiro atoms. The number of primary amides is 1. The second-order valence-corrected chi connectivity index (χ2v) is 7.25. The maximum Gasteiger partial charge on any atom is 0.417 e. The predicted molar refractivity (Wildman–Crippen MR) is 96.4 cm³/mol. The summed E-state index contributed by atoms with van der Waals surface area (Å²) in [6.07, 6.45) is -2.06. The average Bonchev–Trinajstić information content (AvgIpc) is 2.68. The van der Waals surface area contributed by atoms with E-state index in [0.717, 1.165) is 25.1 Å². The highest BCUT2D eigenvalue weighted by Crippen LogP contribution is 2.29. The van der Waals surface area contributed by atoms with Crippen LogP contribution in [0.3, 0.4) is 0 Å². The summed E-state index contributed by atoms with van der Waals surface area (Å²) < 4.78 is 37.9. The summed E-state index contributed by atoms with van der Waals surface area (Å²) in [5.74, 6) is -0.165. The van der Waals surface area contributed by atoms with Crippen LogP contribution in [0.2, 0.25) is 0 Å². The standard InChI is InChI=1S/C18H24F3N5O2/c19-18(20,21)14-3-4-15(23-10-14)25-8-6-24(7-9-25)12-16(27)26-5-1-2-13(11-26)17(22)28/h3-4,10,13H,1-2,5-9,11-12H2,(H2,22,28). The molecule has 0 aliphatic carbocycles. The van der Waals surface area contributed by atoms with Crippen LogP contribution < -0.4 is 10.6 Å². The smallest absolute Gasteiger partial charge is 0.369 e. The fraction of sp³-hybridized carbons (Fsp3) is 0.611. The van der Waals surface area contributed by atoms with Crippen molar-refractivity contribution in [2.75, 3.05) is 50.7 Å². The zero-order valence-electron chi connectivity index (χ0n) is 15.5. The SMILES string of the molecule is NC(=O)C1CCCN(C(=O)CN2CCN(c3ccc(C(F)(F)F)cn3)CC2)C1. The van der Waals surface area contributed by atoms with Gasteiger partial charge >= 0.3 is 6.18 Å². The van der Waals surface area contributed by atoms with Gasteiger partial charge in [0.05, 0.1) is 18.0 Å². The number of alkyl halides is 3. The highest BCUT2D eigenvalue weighted by Gasteiger charge is 2.31. The molecule has 3 rings (SSSR count). The van der Waals surface area contributed by atoms with Gasteiger partial charge in [-0.3, -0.25) is 14.5 Å². The van der Waals surface area contributed by atoms with Crippen LogP contribution in [0.1, 0.15) is 18.4 Å². The first-order chi connectivity index (χ1) is 13.2. The first kappa shape index (κ1) is 20.4. The van der Waals surface area contributed by atoms with Gasteiger partial charge in [-0.05, 0) is 25.0 Å².